The van der Waals surface area contributed by atoms with Crippen LogP contribution in [-0.4, -0.2) is 10.1 Å². The van der Waals surface area contributed by atoms with Gasteiger partial charge in [-0.05, 0) is 17.3 Å². The Hall–Kier alpha value is -0.730. The van der Waals surface area contributed by atoms with Gasteiger partial charge in [0.1, 0.15) is 21.7 Å². The number of hydrogen-bond donors (Lipinski definition) is 1. The van der Waals surface area contributed by atoms with E-state index < -0.39 is 0 Å². The van der Waals surface area contributed by atoms with Crippen molar-refractivity contribution in [1.29, 1.82) is 5.26 Å². The van der Waals surface area contributed by atoms with Crippen molar-refractivity contribution in [1.82, 2.24) is 4.37 Å². The third-order valence-corrected chi connectivity index (χ3v) is 2.73. The summed E-state index contributed by atoms with van der Waals surface area (Å²) in [5, 5.41) is 9.92. The molecule has 1 aromatic heterocycles. The topological polar surface area (TPSA) is 62.7 Å². The fourth-order valence-corrected chi connectivity index (χ4v) is 2.09. The van der Waals surface area contributed by atoms with Crippen LogP contribution in [0.25, 0.3) is 0 Å². The number of aromatic nitrogens is 1. The van der Waals surface area contributed by atoms with Gasteiger partial charge in [0.05, 0.1) is 0 Å². The average molecular weight is 185 g/mol. The van der Waals surface area contributed by atoms with Crippen molar-refractivity contribution >= 4 is 28.3 Å². The zero-order valence-electron chi connectivity index (χ0n) is 6.00. The number of hydrogen-bond acceptors (Lipinski definition) is 5. The minimum absolute atomic E-state index is 0.517. The van der Waals surface area contributed by atoms with E-state index in [4.69, 9.17) is 11.0 Å². The molecular formula is C6H7N3S2. The number of nitrogens with two attached hydrogens (primary N) is 1. The summed E-state index contributed by atoms with van der Waals surface area (Å²) >= 11 is 2.72. The van der Waals surface area contributed by atoms with E-state index in [0.29, 0.717) is 10.6 Å². The summed E-state index contributed by atoms with van der Waals surface area (Å²) in [7, 11) is 0. The van der Waals surface area contributed by atoms with E-state index in [1.165, 1.54) is 11.5 Å². The Kier molecular flexibility index (Phi) is 2.74. The lowest BCUT2D eigenvalue weighted by molar-refractivity contribution is 1.25. The fourth-order valence-electron chi connectivity index (χ4n) is 0.625. The predicted octanol–water partition coefficient (Wildman–Crippen LogP) is 1.71. The normalized spacial score (nSPS) is 9.45. The number of thioether (sulfide) groups is 1. The first-order valence-electron chi connectivity index (χ1n) is 3.07. The van der Waals surface area contributed by atoms with E-state index >= 15 is 0 Å². The monoisotopic (exact) mass is 185 g/mol. The predicted molar refractivity (Wildman–Crippen MR) is 47.6 cm³/mol. The van der Waals surface area contributed by atoms with Gasteiger partial charge >= 0.3 is 0 Å². The van der Waals surface area contributed by atoms with E-state index in [9.17, 15) is 0 Å². The smallest absolute Gasteiger partial charge is 0.130 e. The zero-order valence-corrected chi connectivity index (χ0v) is 7.63. The molecule has 2 N–H and O–H groups in total. The molecule has 0 aliphatic rings. The molecule has 0 aliphatic heterocycles. The maximum atomic E-state index is 8.64. The molecule has 0 aromatic carbocycles. The van der Waals surface area contributed by atoms with Gasteiger partial charge in [0, 0.05) is 0 Å². The molecule has 1 rings (SSSR count). The molecule has 0 radical (unpaired) electrons. The summed E-state index contributed by atoms with van der Waals surface area (Å²) in [5.74, 6) is 0.915. The number of nitrogens with zero attached hydrogens (tertiary/aromatic N) is 2. The van der Waals surface area contributed by atoms with Crippen LogP contribution < -0.4 is 5.73 Å². The lowest BCUT2D eigenvalue weighted by Gasteiger charge is -1.90. The number of rotatable bonds is 2. The van der Waals surface area contributed by atoms with Gasteiger partial charge in [0.2, 0.25) is 0 Å². The van der Waals surface area contributed by atoms with Gasteiger partial charge < -0.3 is 5.73 Å². The van der Waals surface area contributed by atoms with Gasteiger partial charge in [-0.2, -0.15) is 9.64 Å². The highest BCUT2D eigenvalue weighted by Crippen LogP contribution is 2.28. The Morgan fingerprint density at radius 1 is 1.82 bits per heavy atom. The second-order valence-electron chi connectivity index (χ2n) is 1.77. The highest BCUT2D eigenvalue weighted by atomic mass is 32.2. The molecular weight excluding hydrogens is 178 g/mol. The summed E-state index contributed by atoms with van der Waals surface area (Å²) < 4.78 is 4.03. The molecule has 0 saturated carbocycles. The van der Waals surface area contributed by atoms with Gasteiger partial charge in [0.25, 0.3) is 0 Å². The minimum atomic E-state index is 0.517. The van der Waals surface area contributed by atoms with Crippen LogP contribution in [0, 0.1) is 11.3 Å². The molecule has 0 atom stereocenters. The quantitative estimate of drug-likeness (QED) is 0.712. The van der Waals surface area contributed by atoms with E-state index in [1.54, 1.807) is 11.8 Å². The molecule has 5 heteroatoms. The summed E-state index contributed by atoms with van der Waals surface area (Å²) in [4.78, 5) is 0. The summed E-state index contributed by atoms with van der Waals surface area (Å²) in [6.45, 7) is 2.02. The Bertz CT molecular complexity index is 287. The van der Waals surface area contributed by atoms with Gasteiger partial charge in [-0.25, -0.2) is 0 Å². The Morgan fingerprint density at radius 2 is 2.55 bits per heavy atom. The fraction of sp³-hybridized carbons (Fsp3) is 0.333. The van der Waals surface area contributed by atoms with Crippen molar-refractivity contribution in [2.45, 2.75) is 11.9 Å². The van der Waals surface area contributed by atoms with Gasteiger partial charge in [-0.3, -0.25) is 0 Å². The van der Waals surface area contributed by atoms with Crippen molar-refractivity contribution in [3.63, 3.8) is 0 Å². The summed E-state index contributed by atoms with van der Waals surface area (Å²) in [6, 6.07) is 2.03. The molecule has 0 unspecified atom stereocenters. The van der Waals surface area contributed by atoms with E-state index in [2.05, 4.69) is 4.37 Å². The molecule has 0 saturated heterocycles. The molecule has 1 heterocycles. The molecule has 0 amide bonds. The van der Waals surface area contributed by atoms with Crippen LogP contribution in [0.2, 0.25) is 0 Å². The molecule has 0 bridgehead atoms. The molecule has 1 aromatic rings. The average Bonchev–Trinajstić information content (AvgIpc) is 2.33. The largest absolute Gasteiger partial charge is 0.388 e. The van der Waals surface area contributed by atoms with Crippen LogP contribution in [0.15, 0.2) is 5.03 Å². The van der Waals surface area contributed by atoms with Crippen LogP contribution >= 0.6 is 23.3 Å². The van der Waals surface area contributed by atoms with Gasteiger partial charge in [-0.1, -0.05) is 6.92 Å². The highest BCUT2D eigenvalue weighted by Gasteiger charge is 2.09. The minimum Gasteiger partial charge on any atom is -0.388 e. The van der Waals surface area contributed by atoms with Crippen molar-refractivity contribution < 1.29 is 0 Å². The Morgan fingerprint density at radius 3 is 3.09 bits per heavy atom. The van der Waals surface area contributed by atoms with Crippen LogP contribution in [0.1, 0.15) is 12.5 Å². The van der Waals surface area contributed by atoms with Crippen molar-refractivity contribution in [3.8, 4) is 6.07 Å². The van der Waals surface area contributed by atoms with E-state index in [-0.39, 0.29) is 0 Å². The van der Waals surface area contributed by atoms with Crippen molar-refractivity contribution in [3.05, 3.63) is 5.56 Å². The Labute approximate surface area is 73.4 Å². The number of nitrogen functional groups attached to an aromatic ring is 1. The second kappa shape index (κ2) is 3.60. The molecule has 11 heavy (non-hydrogen) atoms. The van der Waals surface area contributed by atoms with Gasteiger partial charge in [0.15, 0.2) is 0 Å². The SMILES string of the molecule is CCSc1nsc(N)c1C#N. The maximum Gasteiger partial charge on any atom is 0.130 e. The number of anilines is 1. The molecule has 0 fully saturated rings. The van der Waals surface area contributed by atoms with Crippen molar-refractivity contribution in [2.75, 3.05) is 11.5 Å². The number of nitriles is 1. The standard InChI is InChI=1S/C6H7N3S2/c1-2-10-6-4(3-7)5(8)11-9-6/h2,8H2,1H3. The maximum absolute atomic E-state index is 8.64. The molecule has 0 spiro atoms. The third kappa shape index (κ3) is 1.64. The van der Waals surface area contributed by atoms with Gasteiger partial charge in [-0.15, -0.1) is 11.8 Å². The first kappa shape index (κ1) is 8.37. The second-order valence-corrected chi connectivity index (χ2v) is 3.83. The van der Waals surface area contributed by atoms with E-state index in [1.807, 2.05) is 13.0 Å². The zero-order chi connectivity index (χ0) is 8.27. The molecule has 0 aliphatic carbocycles. The first-order chi connectivity index (χ1) is 5.29. The highest BCUT2D eigenvalue weighted by molar-refractivity contribution is 7.99. The lowest BCUT2D eigenvalue weighted by Crippen LogP contribution is -1.84. The summed E-state index contributed by atoms with van der Waals surface area (Å²) in [5.41, 5.74) is 6.03. The lowest BCUT2D eigenvalue weighted by atomic mass is 10.4. The van der Waals surface area contributed by atoms with Crippen LogP contribution in [0.5, 0.6) is 0 Å². The Balaban J connectivity index is 2.98. The first-order valence-corrected chi connectivity index (χ1v) is 4.83. The van der Waals surface area contributed by atoms with Crippen LogP contribution in [0.3, 0.4) is 0 Å². The third-order valence-electron chi connectivity index (χ3n) is 1.08. The summed E-state index contributed by atoms with van der Waals surface area (Å²) in [6.07, 6.45) is 0. The van der Waals surface area contributed by atoms with Crippen molar-refractivity contribution in [2.24, 2.45) is 0 Å². The van der Waals surface area contributed by atoms with Crippen LogP contribution in [-0.2, 0) is 0 Å². The van der Waals surface area contributed by atoms with Crippen LogP contribution in [0.4, 0.5) is 5.00 Å². The molecule has 58 valence electrons. The van der Waals surface area contributed by atoms with E-state index in [0.717, 1.165) is 10.8 Å². The molecule has 3 nitrogen and oxygen atoms in total.